The highest BCUT2D eigenvalue weighted by Gasteiger charge is 2.10. The number of rotatable bonds is 8. The van der Waals surface area contributed by atoms with Crippen molar-refractivity contribution in [3.63, 3.8) is 0 Å². The minimum atomic E-state index is -3.29. The SMILES string of the molecule is CCOc1ccc(CNS(=O)(=O)CCc2ccccc2)cc1C. The lowest BCUT2D eigenvalue weighted by atomic mass is 10.1. The minimum absolute atomic E-state index is 0.0903. The second kappa shape index (κ2) is 8.13. The Morgan fingerprint density at radius 1 is 1.04 bits per heavy atom. The van der Waals surface area contributed by atoms with Crippen LogP contribution in [0.25, 0.3) is 0 Å². The molecule has 124 valence electrons. The van der Waals surface area contributed by atoms with Gasteiger partial charge in [0.05, 0.1) is 12.4 Å². The van der Waals surface area contributed by atoms with E-state index >= 15 is 0 Å². The standard InChI is InChI=1S/C18H23NO3S/c1-3-22-18-10-9-17(13-15(18)2)14-19-23(20,21)12-11-16-7-5-4-6-8-16/h4-10,13,19H,3,11-12,14H2,1-2H3. The van der Waals surface area contributed by atoms with Gasteiger partial charge in [0.2, 0.25) is 10.0 Å². The number of ether oxygens (including phenoxy) is 1. The molecule has 0 amide bonds. The molecule has 0 spiro atoms. The van der Waals surface area contributed by atoms with Crippen LogP contribution in [0.4, 0.5) is 0 Å². The topological polar surface area (TPSA) is 55.4 Å². The van der Waals surface area contributed by atoms with Crippen molar-refractivity contribution in [2.75, 3.05) is 12.4 Å². The molecule has 0 unspecified atom stereocenters. The van der Waals surface area contributed by atoms with Crippen molar-refractivity contribution >= 4 is 10.0 Å². The fourth-order valence-electron chi connectivity index (χ4n) is 2.30. The van der Waals surface area contributed by atoms with Gasteiger partial charge in [-0.2, -0.15) is 0 Å². The van der Waals surface area contributed by atoms with E-state index in [0.717, 1.165) is 22.4 Å². The molecule has 4 nitrogen and oxygen atoms in total. The highest BCUT2D eigenvalue weighted by molar-refractivity contribution is 7.89. The Morgan fingerprint density at radius 2 is 1.78 bits per heavy atom. The smallest absolute Gasteiger partial charge is 0.212 e. The maximum absolute atomic E-state index is 12.1. The number of aryl methyl sites for hydroxylation is 2. The van der Waals surface area contributed by atoms with Crippen LogP contribution in [0.15, 0.2) is 48.5 Å². The summed E-state index contributed by atoms with van der Waals surface area (Å²) in [6.07, 6.45) is 0.512. The molecule has 1 N–H and O–H groups in total. The lowest BCUT2D eigenvalue weighted by Gasteiger charge is -2.10. The molecule has 0 saturated carbocycles. The summed E-state index contributed by atoms with van der Waals surface area (Å²) in [6.45, 7) is 4.81. The fraction of sp³-hybridized carbons (Fsp3) is 0.333. The van der Waals surface area contributed by atoms with Crippen LogP contribution in [0.3, 0.4) is 0 Å². The van der Waals surface area contributed by atoms with E-state index in [2.05, 4.69) is 4.72 Å². The van der Waals surface area contributed by atoms with E-state index in [1.54, 1.807) is 0 Å². The van der Waals surface area contributed by atoms with E-state index < -0.39 is 10.0 Å². The lowest BCUT2D eigenvalue weighted by Crippen LogP contribution is -2.26. The van der Waals surface area contributed by atoms with Crippen molar-refractivity contribution in [3.8, 4) is 5.75 Å². The normalized spacial score (nSPS) is 11.4. The third-order valence-corrected chi connectivity index (χ3v) is 4.86. The van der Waals surface area contributed by atoms with Crippen LogP contribution < -0.4 is 9.46 Å². The zero-order valence-corrected chi connectivity index (χ0v) is 14.4. The van der Waals surface area contributed by atoms with E-state index in [9.17, 15) is 8.42 Å². The first-order chi connectivity index (χ1) is 11.0. The van der Waals surface area contributed by atoms with Gasteiger partial charge in [0, 0.05) is 6.54 Å². The zero-order valence-electron chi connectivity index (χ0n) is 13.6. The van der Waals surface area contributed by atoms with Crippen LogP contribution in [-0.4, -0.2) is 20.8 Å². The molecule has 0 saturated heterocycles. The monoisotopic (exact) mass is 333 g/mol. The highest BCUT2D eigenvalue weighted by atomic mass is 32.2. The Hall–Kier alpha value is -1.85. The van der Waals surface area contributed by atoms with Gasteiger partial charge in [0.1, 0.15) is 5.75 Å². The van der Waals surface area contributed by atoms with E-state index in [-0.39, 0.29) is 5.75 Å². The van der Waals surface area contributed by atoms with Gasteiger partial charge >= 0.3 is 0 Å². The van der Waals surface area contributed by atoms with Gasteiger partial charge in [-0.15, -0.1) is 0 Å². The number of hydrogen-bond acceptors (Lipinski definition) is 3. The molecule has 0 heterocycles. The summed E-state index contributed by atoms with van der Waals surface area (Å²) in [5, 5.41) is 0. The number of benzene rings is 2. The largest absolute Gasteiger partial charge is 0.494 e. The summed E-state index contributed by atoms with van der Waals surface area (Å²) in [4.78, 5) is 0. The first-order valence-electron chi connectivity index (χ1n) is 7.74. The molecule has 23 heavy (non-hydrogen) atoms. The van der Waals surface area contributed by atoms with E-state index in [1.165, 1.54) is 0 Å². The Morgan fingerprint density at radius 3 is 2.43 bits per heavy atom. The third-order valence-electron chi connectivity index (χ3n) is 3.54. The Balaban J connectivity index is 1.90. The summed E-state index contributed by atoms with van der Waals surface area (Å²) < 4.78 is 32.3. The fourth-order valence-corrected chi connectivity index (χ4v) is 3.34. The summed E-state index contributed by atoms with van der Waals surface area (Å²) in [6, 6.07) is 15.3. The maximum atomic E-state index is 12.1. The Kier molecular flexibility index (Phi) is 6.19. The van der Waals surface area contributed by atoms with Crippen molar-refractivity contribution in [2.45, 2.75) is 26.8 Å². The predicted octanol–water partition coefficient (Wildman–Crippen LogP) is 3.06. The molecule has 2 aromatic carbocycles. The van der Waals surface area contributed by atoms with E-state index in [0.29, 0.717) is 19.6 Å². The minimum Gasteiger partial charge on any atom is -0.494 e. The molecular weight excluding hydrogens is 310 g/mol. The molecule has 0 aromatic heterocycles. The van der Waals surface area contributed by atoms with Gasteiger partial charge in [-0.05, 0) is 43.0 Å². The number of nitrogens with one attached hydrogen (secondary N) is 1. The molecule has 0 radical (unpaired) electrons. The molecule has 0 fully saturated rings. The average Bonchev–Trinajstić information content (AvgIpc) is 2.55. The summed E-state index contributed by atoms with van der Waals surface area (Å²) >= 11 is 0. The molecule has 2 aromatic rings. The third kappa shape index (κ3) is 5.69. The first kappa shape index (κ1) is 17.5. The molecule has 2 rings (SSSR count). The zero-order chi connectivity index (χ0) is 16.7. The van der Waals surface area contributed by atoms with Gasteiger partial charge in [0.25, 0.3) is 0 Å². The number of sulfonamides is 1. The van der Waals surface area contributed by atoms with Crippen LogP contribution in [0.2, 0.25) is 0 Å². The van der Waals surface area contributed by atoms with Gasteiger partial charge in [-0.25, -0.2) is 13.1 Å². The molecule has 0 aliphatic rings. The van der Waals surface area contributed by atoms with Gasteiger partial charge < -0.3 is 4.74 Å². The molecule has 0 aliphatic carbocycles. The van der Waals surface area contributed by atoms with E-state index in [1.807, 2.05) is 62.4 Å². The molecular formula is C18H23NO3S. The quantitative estimate of drug-likeness (QED) is 0.808. The van der Waals surface area contributed by atoms with Crippen LogP contribution in [0.5, 0.6) is 5.75 Å². The maximum Gasteiger partial charge on any atom is 0.212 e. The summed E-state index contributed by atoms with van der Waals surface area (Å²) in [5.41, 5.74) is 2.96. The number of hydrogen-bond donors (Lipinski definition) is 1. The van der Waals surface area contributed by atoms with Crippen molar-refractivity contribution in [2.24, 2.45) is 0 Å². The van der Waals surface area contributed by atoms with E-state index in [4.69, 9.17) is 4.74 Å². The lowest BCUT2D eigenvalue weighted by molar-refractivity contribution is 0.338. The predicted molar refractivity (Wildman–Crippen MR) is 93.1 cm³/mol. The first-order valence-corrected chi connectivity index (χ1v) is 9.39. The van der Waals surface area contributed by atoms with Gasteiger partial charge in [-0.3, -0.25) is 0 Å². The van der Waals surface area contributed by atoms with Crippen molar-refractivity contribution in [1.82, 2.24) is 4.72 Å². The van der Waals surface area contributed by atoms with Crippen LogP contribution >= 0.6 is 0 Å². The van der Waals surface area contributed by atoms with Crippen molar-refractivity contribution in [1.29, 1.82) is 0 Å². The van der Waals surface area contributed by atoms with Gasteiger partial charge in [0.15, 0.2) is 0 Å². The Labute approximate surface area is 138 Å². The van der Waals surface area contributed by atoms with Gasteiger partial charge in [-0.1, -0.05) is 42.5 Å². The summed E-state index contributed by atoms with van der Waals surface area (Å²) in [7, 11) is -3.29. The second-order valence-corrected chi connectivity index (χ2v) is 7.33. The average molecular weight is 333 g/mol. The highest BCUT2D eigenvalue weighted by Crippen LogP contribution is 2.19. The van der Waals surface area contributed by atoms with Crippen LogP contribution in [0, 0.1) is 6.92 Å². The van der Waals surface area contributed by atoms with Crippen molar-refractivity contribution in [3.05, 3.63) is 65.2 Å². The summed E-state index contributed by atoms with van der Waals surface area (Å²) in [5.74, 6) is 0.927. The van der Waals surface area contributed by atoms with Crippen molar-refractivity contribution < 1.29 is 13.2 Å². The molecule has 5 heteroatoms. The second-order valence-electron chi connectivity index (χ2n) is 5.41. The molecule has 0 bridgehead atoms. The van der Waals surface area contributed by atoms with Crippen LogP contribution in [-0.2, 0) is 23.0 Å². The van der Waals surface area contributed by atoms with Crippen LogP contribution in [0.1, 0.15) is 23.6 Å². The molecule has 0 atom stereocenters. The molecule has 0 aliphatic heterocycles. The Bertz CT molecular complexity index is 727.